The van der Waals surface area contributed by atoms with Crippen LogP contribution in [0.5, 0.6) is 0 Å². The number of anilines is 1. The molecule has 11 heteroatoms. The maximum atomic E-state index is 12.3. The third kappa shape index (κ3) is 6.25. The lowest BCUT2D eigenvalue weighted by Crippen LogP contribution is -2.49. The van der Waals surface area contributed by atoms with Crippen LogP contribution in [-0.2, 0) is 14.4 Å². The molecule has 1 aliphatic rings. The van der Waals surface area contributed by atoms with Crippen LogP contribution >= 0.6 is 23.1 Å². The highest BCUT2D eigenvalue weighted by Gasteiger charge is 2.24. The number of amides is 3. The highest BCUT2D eigenvalue weighted by Crippen LogP contribution is 2.32. The molecule has 0 atom stereocenters. The Hall–Kier alpha value is -2.50. The molecule has 160 valence electrons. The van der Waals surface area contributed by atoms with Gasteiger partial charge in [0.05, 0.1) is 6.54 Å². The Morgan fingerprint density at radius 1 is 1.20 bits per heavy atom. The van der Waals surface area contributed by atoms with E-state index in [9.17, 15) is 14.4 Å². The zero-order chi connectivity index (χ0) is 21.7. The van der Waals surface area contributed by atoms with Crippen LogP contribution in [0.4, 0.5) is 5.69 Å². The first kappa shape index (κ1) is 22.2. The van der Waals surface area contributed by atoms with Crippen molar-refractivity contribution < 1.29 is 14.4 Å². The van der Waals surface area contributed by atoms with E-state index in [0.29, 0.717) is 31.6 Å². The molecule has 0 radical (unpaired) electrons. The number of aryl methyl sites for hydroxylation is 2. The lowest BCUT2D eigenvalue weighted by Gasteiger charge is -2.31. The molecule has 1 fully saturated rings. The van der Waals surface area contributed by atoms with Crippen LogP contribution in [-0.4, -0.2) is 58.5 Å². The molecule has 1 aliphatic heterocycles. The maximum Gasteiger partial charge on any atom is 0.313 e. The number of nitrogens with two attached hydrogens (primary N) is 1. The van der Waals surface area contributed by atoms with Crippen molar-refractivity contribution in [3.63, 3.8) is 0 Å². The van der Waals surface area contributed by atoms with Gasteiger partial charge in [-0.1, -0.05) is 23.1 Å². The summed E-state index contributed by atoms with van der Waals surface area (Å²) in [6.45, 7) is 5.30. The van der Waals surface area contributed by atoms with Gasteiger partial charge in [0.2, 0.25) is 5.91 Å². The first-order valence-electron chi connectivity index (χ1n) is 9.51. The first-order valence-corrected chi connectivity index (χ1v) is 11.1. The predicted octanol–water partition coefficient (Wildman–Crippen LogP) is 1.31. The molecule has 30 heavy (non-hydrogen) atoms. The van der Waals surface area contributed by atoms with Gasteiger partial charge in [-0.3, -0.25) is 19.3 Å². The number of carbonyl (C=O) groups is 3. The van der Waals surface area contributed by atoms with Crippen molar-refractivity contribution in [2.75, 3.05) is 25.0 Å². The van der Waals surface area contributed by atoms with E-state index in [4.69, 9.17) is 5.73 Å². The van der Waals surface area contributed by atoms with Gasteiger partial charge >= 0.3 is 11.8 Å². The van der Waals surface area contributed by atoms with Crippen molar-refractivity contribution in [2.45, 2.75) is 42.0 Å². The normalized spacial score (nSPS) is 15.0. The van der Waals surface area contributed by atoms with Crippen LogP contribution in [0.15, 0.2) is 27.4 Å². The number of piperidine rings is 1. The van der Waals surface area contributed by atoms with Gasteiger partial charge in [0, 0.05) is 29.7 Å². The van der Waals surface area contributed by atoms with Crippen molar-refractivity contribution in [3.8, 4) is 0 Å². The number of hydrogen-bond acceptors (Lipinski definition) is 8. The van der Waals surface area contributed by atoms with Gasteiger partial charge in [-0.15, -0.1) is 10.2 Å². The smallest absolute Gasteiger partial charge is 0.313 e. The van der Waals surface area contributed by atoms with Crippen LogP contribution in [0.25, 0.3) is 0 Å². The number of likely N-dealkylation sites (tertiary alicyclic amines) is 1. The molecular formula is C19H24N6O3S2. The minimum Gasteiger partial charge on any atom is -0.369 e. The molecular weight excluding hydrogens is 424 g/mol. The molecule has 1 saturated heterocycles. The minimum atomic E-state index is -0.696. The van der Waals surface area contributed by atoms with Crippen molar-refractivity contribution in [1.82, 2.24) is 20.4 Å². The zero-order valence-corrected chi connectivity index (χ0v) is 18.4. The molecule has 2 aromatic rings. The zero-order valence-electron chi connectivity index (χ0n) is 16.8. The highest BCUT2D eigenvalue weighted by atomic mass is 32.2. The number of rotatable bonds is 6. The van der Waals surface area contributed by atoms with E-state index in [1.54, 1.807) is 6.07 Å². The standard InChI is InChI=1S/C19H24N6O3S2/c1-11-9-14(30-19-24-23-12(2)29-19)3-4-15(11)22-18(28)17(27)21-13-5-7-25(8-6-13)10-16(20)26/h3-4,9,13H,5-8,10H2,1-2H3,(H2,20,26)(H,21,27)(H,22,28). The fourth-order valence-corrected chi connectivity index (χ4v) is 5.03. The summed E-state index contributed by atoms with van der Waals surface area (Å²) >= 11 is 3.02. The van der Waals surface area contributed by atoms with Crippen LogP contribution < -0.4 is 16.4 Å². The van der Waals surface area contributed by atoms with Crippen LogP contribution in [0, 0.1) is 13.8 Å². The van der Waals surface area contributed by atoms with Crippen LogP contribution in [0.3, 0.4) is 0 Å². The Morgan fingerprint density at radius 3 is 2.53 bits per heavy atom. The van der Waals surface area contributed by atoms with Crippen LogP contribution in [0.2, 0.25) is 0 Å². The average Bonchev–Trinajstić information content (AvgIpc) is 3.09. The number of primary amides is 1. The van der Waals surface area contributed by atoms with E-state index < -0.39 is 11.8 Å². The average molecular weight is 449 g/mol. The van der Waals surface area contributed by atoms with Gasteiger partial charge in [0.15, 0.2) is 4.34 Å². The quantitative estimate of drug-likeness (QED) is 0.568. The van der Waals surface area contributed by atoms with Gasteiger partial charge in [-0.25, -0.2) is 0 Å². The second kappa shape index (κ2) is 10.0. The monoisotopic (exact) mass is 448 g/mol. The predicted molar refractivity (Wildman–Crippen MR) is 115 cm³/mol. The molecule has 3 amide bonds. The van der Waals surface area contributed by atoms with E-state index in [1.807, 2.05) is 30.9 Å². The molecule has 0 saturated carbocycles. The molecule has 0 aliphatic carbocycles. The van der Waals surface area contributed by atoms with Gasteiger partial charge in [0.25, 0.3) is 0 Å². The Balaban J connectivity index is 1.50. The number of hydrogen-bond donors (Lipinski definition) is 3. The summed E-state index contributed by atoms with van der Waals surface area (Å²) in [5.74, 6) is -1.72. The third-order valence-electron chi connectivity index (χ3n) is 4.67. The van der Waals surface area contributed by atoms with Crippen molar-refractivity contribution in [2.24, 2.45) is 5.73 Å². The summed E-state index contributed by atoms with van der Waals surface area (Å²) in [6, 6.07) is 5.49. The van der Waals surface area contributed by atoms with Crippen LogP contribution in [0.1, 0.15) is 23.4 Å². The second-order valence-corrected chi connectivity index (χ2v) is 9.61. The Bertz CT molecular complexity index is 940. The number of nitrogens with one attached hydrogen (secondary N) is 2. The number of benzene rings is 1. The lowest BCUT2D eigenvalue weighted by atomic mass is 10.0. The molecule has 9 nitrogen and oxygen atoms in total. The summed E-state index contributed by atoms with van der Waals surface area (Å²) in [5.41, 5.74) is 6.64. The maximum absolute atomic E-state index is 12.3. The fourth-order valence-electron chi connectivity index (χ4n) is 3.15. The van der Waals surface area contributed by atoms with Gasteiger partial charge in [-0.2, -0.15) is 0 Å². The minimum absolute atomic E-state index is 0.0948. The van der Waals surface area contributed by atoms with E-state index in [0.717, 1.165) is 19.8 Å². The van der Waals surface area contributed by atoms with Crippen molar-refractivity contribution in [1.29, 1.82) is 0 Å². The van der Waals surface area contributed by atoms with E-state index >= 15 is 0 Å². The largest absolute Gasteiger partial charge is 0.369 e. The lowest BCUT2D eigenvalue weighted by molar-refractivity contribution is -0.136. The highest BCUT2D eigenvalue weighted by molar-refractivity contribution is 8.01. The van der Waals surface area contributed by atoms with Gasteiger partial charge in [-0.05, 0) is 50.5 Å². The molecule has 0 spiro atoms. The molecule has 1 aromatic heterocycles. The fraction of sp³-hybridized carbons (Fsp3) is 0.421. The molecule has 0 bridgehead atoms. The summed E-state index contributed by atoms with van der Waals surface area (Å²) in [4.78, 5) is 38.5. The number of carbonyl (C=O) groups excluding carboxylic acids is 3. The summed E-state index contributed by atoms with van der Waals surface area (Å²) in [6.07, 6.45) is 1.34. The van der Waals surface area contributed by atoms with Gasteiger partial charge < -0.3 is 16.4 Å². The SMILES string of the molecule is Cc1nnc(Sc2ccc(NC(=O)C(=O)NC3CCN(CC(N)=O)CC3)c(C)c2)s1. The summed E-state index contributed by atoms with van der Waals surface area (Å²) in [7, 11) is 0. The second-order valence-electron chi connectivity index (χ2n) is 7.11. The van der Waals surface area contributed by atoms with Crippen molar-refractivity contribution in [3.05, 3.63) is 28.8 Å². The summed E-state index contributed by atoms with van der Waals surface area (Å²) < 4.78 is 0.852. The summed E-state index contributed by atoms with van der Waals surface area (Å²) in [5, 5.41) is 14.4. The van der Waals surface area contributed by atoms with Crippen molar-refractivity contribution >= 4 is 46.5 Å². The molecule has 3 rings (SSSR count). The topological polar surface area (TPSA) is 130 Å². The van der Waals surface area contributed by atoms with E-state index in [1.165, 1.54) is 23.1 Å². The molecule has 0 unspecified atom stereocenters. The number of aromatic nitrogens is 2. The number of nitrogens with zero attached hydrogens (tertiary/aromatic N) is 3. The first-order chi connectivity index (χ1) is 14.3. The van der Waals surface area contributed by atoms with Gasteiger partial charge in [0.1, 0.15) is 5.01 Å². The Kier molecular flexibility index (Phi) is 7.40. The molecule has 2 heterocycles. The molecule has 4 N–H and O–H groups in total. The van der Waals surface area contributed by atoms with E-state index in [2.05, 4.69) is 20.8 Å². The Labute approximate surface area is 182 Å². The third-order valence-corrected chi connectivity index (χ3v) is 6.55. The van der Waals surface area contributed by atoms with E-state index in [-0.39, 0.29) is 18.5 Å². The Morgan fingerprint density at radius 2 is 1.93 bits per heavy atom. The molecule has 1 aromatic carbocycles.